The van der Waals surface area contributed by atoms with E-state index < -0.39 is 4.92 Å². The van der Waals surface area contributed by atoms with Gasteiger partial charge in [0.1, 0.15) is 5.82 Å². The zero-order valence-electron chi connectivity index (χ0n) is 21.4. The van der Waals surface area contributed by atoms with E-state index in [1.165, 1.54) is 18.2 Å². The summed E-state index contributed by atoms with van der Waals surface area (Å²) in [6.45, 7) is 6.44. The minimum absolute atomic E-state index is 0.00398. The smallest absolute Gasteiger partial charge is 0.409 e. The molecule has 202 valence electrons. The van der Waals surface area contributed by atoms with E-state index in [4.69, 9.17) is 4.74 Å². The summed E-state index contributed by atoms with van der Waals surface area (Å²) < 4.78 is 18.5. The van der Waals surface area contributed by atoms with Crippen molar-refractivity contribution in [3.05, 3.63) is 69.5 Å². The molecule has 2 fully saturated rings. The molecule has 3 aliphatic heterocycles. The summed E-state index contributed by atoms with van der Waals surface area (Å²) in [6, 6.07) is 11.3. The Hall–Kier alpha value is -3.73. The molecule has 0 saturated carbocycles. The van der Waals surface area contributed by atoms with Crippen LogP contribution in [-0.4, -0.2) is 90.1 Å². The van der Waals surface area contributed by atoms with Crippen LogP contribution in [0.1, 0.15) is 18.1 Å². The Balaban J connectivity index is 1.37. The number of non-ortho nitro benzene ring substituents is 1. The predicted molar refractivity (Wildman–Crippen MR) is 138 cm³/mol. The number of nitro benzene ring substituents is 1. The maximum Gasteiger partial charge on any atom is 0.409 e. The highest BCUT2D eigenvalue weighted by atomic mass is 19.1. The van der Waals surface area contributed by atoms with E-state index in [-0.39, 0.29) is 35.5 Å². The minimum atomic E-state index is -0.404. The first-order chi connectivity index (χ1) is 18.3. The quantitative estimate of drug-likeness (QED) is 0.437. The number of halogens is 1. The highest BCUT2D eigenvalue weighted by Gasteiger charge is 2.43. The van der Waals surface area contributed by atoms with Crippen LogP contribution >= 0.6 is 0 Å². The number of carbonyl (C=O) groups is 2. The third kappa shape index (κ3) is 5.28. The molecule has 0 aliphatic carbocycles. The van der Waals surface area contributed by atoms with Gasteiger partial charge in [0.25, 0.3) is 5.69 Å². The van der Waals surface area contributed by atoms with Gasteiger partial charge in [-0.2, -0.15) is 0 Å². The summed E-state index contributed by atoms with van der Waals surface area (Å²) in [5.74, 6) is -0.649. The molecule has 5 rings (SSSR count). The molecule has 38 heavy (non-hydrogen) atoms. The molecule has 0 N–H and O–H groups in total. The summed E-state index contributed by atoms with van der Waals surface area (Å²) in [5, 5.41) is 11.4. The Morgan fingerprint density at radius 3 is 2.42 bits per heavy atom. The standard InChI is InChI=1S/C27H32FN5O5/c1-2-38-27(35)31-12-10-30(11-13-31)26(34)23-16-20-15-22(33(36)37)7-8-24(20)32-14-9-29(18-25(23)32)17-19-3-5-21(28)6-4-19/h3-8,15,23,25H,2,9-14,16-18H2,1H3/t23-,25-/m1/s1. The second-order valence-electron chi connectivity index (χ2n) is 10.0. The molecule has 2 atom stereocenters. The predicted octanol–water partition coefficient (Wildman–Crippen LogP) is 2.90. The number of amides is 2. The molecule has 3 heterocycles. The Morgan fingerprint density at radius 2 is 1.74 bits per heavy atom. The second-order valence-corrected chi connectivity index (χ2v) is 10.0. The van der Waals surface area contributed by atoms with Crippen LogP contribution in [0, 0.1) is 21.8 Å². The van der Waals surface area contributed by atoms with Gasteiger partial charge in [-0.3, -0.25) is 19.8 Å². The topological polar surface area (TPSA) is 99.5 Å². The van der Waals surface area contributed by atoms with Gasteiger partial charge in [0.2, 0.25) is 5.91 Å². The van der Waals surface area contributed by atoms with E-state index in [2.05, 4.69) is 9.80 Å². The van der Waals surface area contributed by atoms with Gasteiger partial charge < -0.3 is 19.4 Å². The molecule has 3 aliphatic rings. The van der Waals surface area contributed by atoms with Crippen LogP contribution in [0.4, 0.5) is 20.6 Å². The van der Waals surface area contributed by atoms with Gasteiger partial charge in [0, 0.05) is 70.2 Å². The zero-order chi connectivity index (χ0) is 26.8. The van der Waals surface area contributed by atoms with Crippen molar-refractivity contribution in [1.82, 2.24) is 14.7 Å². The van der Waals surface area contributed by atoms with Gasteiger partial charge in [0.15, 0.2) is 0 Å². The van der Waals surface area contributed by atoms with E-state index in [9.17, 15) is 24.1 Å². The number of rotatable bonds is 5. The van der Waals surface area contributed by atoms with Crippen molar-refractivity contribution in [1.29, 1.82) is 0 Å². The number of fused-ring (bicyclic) bond motifs is 3. The van der Waals surface area contributed by atoms with Crippen molar-refractivity contribution in [2.75, 3.05) is 57.3 Å². The Bertz CT molecular complexity index is 1200. The molecule has 0 aromatic heterocycles. The average molecular weight is 526 g/mol. The molecule has 0 spiro atoms. The number of benzene rings is 2. The molecule has 10 nitrogen and oxygen atoms in total. The molecule has 2 amide bonds. The van der Waals surface area contributed by atoms with Crippen LogP contribution in [0.15, 0.2) is 42.5 Å². The molecular weight excluding hydrogens is 493 g/mol. The number of hydrogen-bond acceptors (Lipinski definition) is 7. The lowest BCUT2D eigenvalue weighted by molar-refractivity contribution is -0.384. The monoisotopic (exact) mass is 525 g/mol. The van der Waals surface area contributed by atoms with Gasteiger partial charge in [-0.25, -0.2) is 9.18 Å². The Morgan fingerprint density at radius 1 is 1.03 bits per heavy atom. The average Bonchev–Trinajstić information content (AvgIpc) is 2.93. The molecular formula is C27H32FN5O5. The second kappa shape index (κ2) is 10.9. The summed E-state index contributed by atoms with van der Waals surface area (Å²) >= 11 is 0. The molecule has 0 unspecified atom stereocenters. The number of anilines is 1. The van der Waals surface area contributed by atoms with Crippen LogP contribution in [0.3, 0.4) is 0 Å². The molecule has 2 saturated heterocycles. The SMILES string of the molecule is CCOC(=O)N1CCN(C(=O)[C@@H]2Cc3cc([N+](=O)[O-])ccc3N3CCN(Cc4ccc(F)cc4)C[C@H]23)CC1. The number of ether oxygens (including phenoxy) is 1. The number of carbonyl (C=O) groups excluding carboxylic acids is 2. The van der Waals surface area contributed by atoms with Crippen LogP contribution in [0.25, 0.3) is 0 Å². The maximum atomic E-state index is 13.9. The lowest BCUT2D eigenvalue weighted by Crippen LogP contribution is -2.62. The van der Waals surface area contributed by atoms with Crippen molar-refractivity contribution in [3.63, 3.8) is 0 Å². The van der Waals surface area contributed by atoms with Crippen molar-refractivity contribution in [3.8, 4) is 0 Å². The number of nitrogens with zero attached hydrogens (tertiary/aromatic N) is 5. The first kappa shape index (κ1) is 25.9. The Kier molecular flexibility index (Phi) is 7.46. The highest BCUT2D eigenvalue weighted by Crippen LogP contribution is 2.38. The fourth-order valence-corrected chi connectivity index (χ4v) is 5.82. The summed E-state index contributed by atoms with van der Waals surface area (Å²) in [7, 11) is 0. The number of nitro groups is 1. The van der Waals surface area contributed by atoms with Crippen molar-refractivity contribution >= 4 is 23.4 Å². The van der Waals surface area contributed by atoms with Crippen LogP contribution in [-0.2, 0) is 22.5 Å². The zero-order valence-corrected chi connectivity index (χ0v) is 21.4. The van der Waals surface area contributed by atoms with E-state index in [0.29, 0.717) is 58.8 Å². The normalized spacial score (nSPS) is 21.5. The molecule has 2 aromatic carbocycles. The van der Waals surface area contributed by atoms with Crippen molar-refractivity contribution in [2.24, 2.45) is 5.92 Å². The van der Waals surface area contributed by atoms with Crippen LogP contribution < -0.4 is 4.90 Å². The van der Waals surface area contributed by atoms with Gasteiger partial charge in [-0.05, 0) is 42.7 Å². The number of hydrogen-bond donors (Lipinski definition) is 0. The largest absolute Gasteiger partial charge is 0.450 e. The number of piperazine rings is 2. The van der Waals surface area contributed by atoms with Gasteiger partial charge in [0.05, 0.1) is 23.5 Å². The fraction of sp³-hybridized carbons (Fsp3) is 0.481. The van der Waals surface area contributed by atoms with E-state index in [0.717, 1.165) is 23.4 Å². The molecule has 0 radical (unpaired) electrons. The Labute approximate surface area is 220 Å². The van der Waals surface area contributed by atoms with Gasteiger partial charge in [-0.15, -0.1) is 0 Å². The fourth-order valence-electron chi connectivity index (χ4n) is 5.82. The summed E-state index contributed by atoms with van der Waals surface area (Å²) in [5.41, 5.74) is 2.78. The molecule has 2 aromatic rings. The van der Waals surface area contributed by atoms with E-state index in [1.54, 1.807) is 41.0 Å². The van der Waals surface area contributed by atoms with Crippen LogP contribution in [0.2, 0.25) is 0 Å². The highest BCUT2D eigenvalue weighted by molar-refractivity contribution is 5.83. The van der Waals surface area contributed by atoms with E-state index >= 15 is 0 Å². The summed E-state index contributed by atoms with van der Waals surface area (Å²) in [6.07, 6.45) is 0.0489. The van der Waals surface area contributed by atoms with Gasteiger partial charge >= 0.3 is 6.09 Å². The summed E-state index contributed by atoms with van der Waals surface area (Å²) in [4.78, 5) is 45.0. The lowest BCUT2D eigenvalue weighted by atomic mass is 9.82. The maximum absolute atomic E-state index is 13.9. The van der Waals surface area contributed by atoms with Crippen molar-refractivity contribution < 1.29 is 23.6 Å². The third-order valence-corrected chi connectivity index (χ3v) is 7.74. The molecule has 11 heteroatoms. The third-order valence-electron chi connectivity index (χ3n) is 7.74. The lowest BCUT2D eigenvalue weighted by Gasteiger charge is -2.50. The minimum Gasteiger partial charge on any atom is -0.450 e. The van der Waals surface area contributed by atoms with Crippen molar-refractivity contribution in [2.45, 2.75) is 25.9 Å². The van der Waals surface area contributed by atoms with Gasteiger partial charge in [-0.1, -0.05) is 12.1 Å². The first-order valence-corrected chi connectivity index (χ1v) is 13.0. The molecule has 0 bridgehead atoms. The van der Waals surface area contributed by atoms with E-state index in [1.807, 2.05) is 0 Å². The first-order valence-electron chi connectivity index (χ1n) is 13.0. The van der Waals surface area contributed by atoms with Crippen LogP contribution in [0.5, 0.6) is 0 Å².